The molecule has 0 unspecified atom stereocenters. The van der Waals surface area contributed by atoms with Crippen LogP contribution in [0, 0.1) is 11.3 Å². The third kappa shape index (κ3) is 4.41. The van der Waals surface area contributed by atoms with Gasteiger partial charge in [-0.15, -0.1) is 0 Å². The van der Waals surface area contributed by atoms with Gasteiger partial charge in [0.25, 0.3) is 0 Å². The number of aromatic nitrogens is 3. The predicted octanol–water partition coefficient (Wildman–Crippen LogP) is 5.06. The number of nitrogens with zero attached hydrogens (tertiary/aromatic N) is 3. The number of nitrogens with one attached hydrogen (secondary N) is 1. The highest BCUT2D eigenvalue weighted by atomic mass is 16.5. The second kappa shape index (κ2) is 8.66. The lowest BCUT2D eigenvalue weighted by molar-refractivity contribution is 0.242. The maximum atomic E-state index is 8.91. The number of fused-ring (bicyclic) bond motifs is 1. The molecular weight excluding hydrogens is 376 g/mol. The van der Waals surface area contributed by atoms with Crippen molar-refractivity contribution >= 4 is 11.2 Å². The summed E-state index contributed by atoms with van der Waals surface area (Å²) in [6.45, 7) is 4.44. The summed E-state index contributed by atoms with van der Waals surface area (Å²) < 4.78 is 12.0. The molecule has 0 fully saturated rings. The Morgan fingerprint density at radius 1 is 1.03 bits per heavy atom. The summed E-state index contributed by atoms with van der Waals surface area (Å²) in [6, 6.07) is 21.6. The lowest BCUT2D eigenvalue weighted by atomic mass is 10.1. The second-order valence-electron chi connectivity index (χ2n) is 7.19. The summed E-state index contributed by atoms with van der Waals surface area (Å²) in [5, 5.41) is 8.91. The number of pyridine rings is 1. The zero-order valence-corrected chi connectivity index (χ0v) is 16.9. The molecule has 2 aromatic carbocycles. The van der Waals surface area contributed by atoms with Gasteiger partial charge in [0, 0.05) is 0 Å². The first-order valence-electron chi connectivity index (χ1n) is 9.83. The highest BCUT2D eigenvalue weighted by Crippen LogP contribution is 2.34. The van der Waals surface area contributed by atoms with Crippen molar-refractivity contribution in [3.63, 3.8) is 0 Å². The fraction of sp³-hybridized carbons (Fsp3) is 0.208. The van der Waals surface area contributed by atoms with E-state index in [4.69, 9.17) is 14.7 Å². The van der Waals surface area contributed by atoms with Gasteiger partial charge in [0.1, 0.15) is 23.9 Å². The van der Waals surface area contributed by atoms with Crippen molar-refractivity contribution in [3.8, 4) is 29.0 Å². The van der Waals surface area contributed by atoms with E-state index in [1.54, 1.807) is 0 Å². The molecule has 0 amide bonds. The topological polar surface area (TPSA) is 83.8 Å². The van der Waals surface area contributed by atoms with E-state index in [9.17, 15) is 0 Å². The fourth-order valence-corrected chi connectivity index (χ4v) is 3.12. The average Bonchev–Trinajstić information content (AvgIpc) is 3.17. The third-order valence-electron chi connectivity index (χ3n) is 4.48. The number of rotatable bonds is 7. The molecule has 0 bridgehead atoms. The molecule has 0 aliphatic heterocycles. The zero-order chi connectivity index (χ0) is 20.9. The first kappa shape index (κ1) is 19.5. The molecule has 2 heterocycles. The summed E-state index contributed by atoms with van der Waals surface area (Å²) in [5.41, 5.74) is 3.97. The Hall–Kier alpha value is -3.85. The molecule has 0 radical (unpaired) electrons. The normalized spacial score (nSPS) is 10.9. The van der Waals surface area contributed by atoms with E-state index in [0.717, 1.165) is 22.4 Å². The highest BCUT2D eigenvalue weighted by Gasteiger charge is 2.15. The fourth-order valence-electron chi connectivity index (χ4n) is 3.12. The smallest absolute Gasteiger partial charge is 0.178 e. The Morgan fingerprint density at radius 3 is 2.63 bits per heavy atom. The molecule has 30 heavy (non-hydrogen) atoms. The lowest BCUT2D eigenvalue weighted by Gasteiger charge is -2.15. The van der Waals surface area contributed by atoms with Crippen molar-refractivity contribution in [1.82, 2.24) is 15.0 Å². The maximum Gasteiger partial charge on any atom is 0.178 e. The van der Waals surface area contributed by atoms with E-state index < -0.39 is 0 Å². The van der Waals surface area contributed by atoms with E-state index >= 15 is 0 Å². The van der Waals surface area contributed by atoms with Crippen LogP contribution < -0.4 is 9.47 Å². The van der Waals surface area contributed by atoms with Gasteiger partial charge in [0.05, 0.1) is 35.4 Å². The van der Waals surface area contributed by atoms with Crippen LogP contribution in [0.4, 0.5) is 0 Å². The highest BCUT2D eigenvalue weighted by molar-refractivity contribution is 5.78. The maximum absolute atomic E-state index is 8.91. The molecule has 0 aliphatic carbocycles. The van der Waals surface area contributed by atoms with Crippen LogP contribution in [0.3, 0.4) is 0 Å². The molecule has 150 valence electrons. The average molecular weight is 398 g/mol. The Balaban J connectivity index is 1.68. The molecule has 2 aromatic heterocycles. The monoisotopic (exact) mass is 398 g/mol. The number of benzene rings is 2. The Labute approximate surface area is 175 Å². The van der Waals surface area contributed by atoms with Crippen molar-refractivity contribution < 1.29 is 9.47 Å². The summed E-state index contributed by atoms with van der Waals surface area (Å²) in [5.74, 6) is 2.09. The number of hydrogen-bond donors (Lipinski definition) is 1. The number of nitriles is 1. The number of ether oxygens (including phenoxy) is 2. The van der Waals surface area contributed by atoms with Crippen LogP contribution in [0.1, 0.15) is 25.1 Å². The van der Waals surface area contributed by atoms with Crippen LogP contribution >= 0.6 is 0 Å². The number of H-pyrrole nitrogens is 1. The largest absolute Gasteiger partial charge is 0.490 e. The lowest BCUT2D eigenvalue weighted by Crippen LogP contribution is -2.07. The molecule has 4 aromatic rings. The van der Waals surface area contributed by atoms with Crippen LogP contribution in [0.15, 0.2) is 60.7 Å². The Kier molecular flexibility index (Phi) is 5.62. The second-order valence-corrected chi connectivity index (χ2v) is 7.19. The van der Waals surface area contributed by atoms with Crippen molar-refractivity contribution in [3.05, 3.63) is 71.9 Å². The number of hydrogen-bond acceptors (Lipinski definition) is 5. The zero-order valence-electron chi connectivity index (χ0n) is 16.9. The minimum absolute atomic E-state index is 0.0181. The summed E-state index contributed by atoms with van der Waals surface area (Å²) in [6.07, 6.45) is 0.271. The van der Waals surface area contributed by atoms with E-state index in [-0.39, 0.29) is 12.5 Å². The molecule has 0 spiro atoms. The third-order valence-corrected chi connectivity index (χ3v) is 4.48. The van der Waals surface area contributed by atoms with E-state index in [0.29, 0.717) is 29.5 Å². The van der Waals surface area contributed by atoms with Crippen molar-refractivity contribution in [2.24, 2.45) is 0 Å². The van der Waals surface area contributed by atoms with Crippen molar-refractivity contribution in [2.75, 3.05) is 0 Å². The molecule has 0 atom stereocenters. The van der Waals surface area contributed by atoms with Gasteiger partial charge in [0.2, 0.25) is 0 Å². The van der Waals surface area contributed by atoms with Gasteiger partial charge in [-0.1, -0.05) is 30.3 Å². The van der Waals surface area contributed by atoms with Crippen molar-refractivity contribution in [1.29, 1.82) is 5.26 Å². The summed E-state index contributed by atoms with van der Waals surface area (Å²) in [4.78, 5) is 12.4. The van der Waals surface area contributed by atoms with Gasteiger partial charge < -0.3 is 14.5 Å². The Morgan fingerprint density at radius 2 is 1.87 bits per heavy atom. The molecule has 1 N–H and O–H groups in total. The van der Waals surface area contributed by atoms with E-state index in [2.05, 4.69) is 21.0 Å². The van der Waals surface area contributed by atoms with E-state index in [1.165, 1.54) is 0 Å². The molecule has 0 saturated heterocycles. The molecule has 0 saturated carbocycles. The molecule has 4 rings (SSSR count). The van der Waals surface area contributed by atoms with Crippen LogP contribution in [-0.2, 0) is 13.0 Å². The standard InChI is InChI=1S/C24H22N4O2/c1-16(2)30-22-11-9-19(29-15-17-6-4-3-5-7-17)14-20(22)23-27-21-10-8-18(12-13-25)26-24(21)28-23/h3-11,14,16H,12,15H2,1-2H3,(H,26,27,28). The van der Waals surface area contributed by atoms with Crippen LogP contribution in [0.2, 0.25) is 0 Å². The van der Waals surface area contributed by atoms with Crippen LogP contribution in [0.5, 0.6) is 11.5 Å². The molecule has 0 aliphatic rings. The number of imidazole rings is 1. The Bertz CT molecular complexity index is 1190. The quantitative estimate of drug-likeness (QED) is 0.470. The van der Waals surface area contributed by atoms with E-state index in [1.807, 2.05) is 74.5 Å². The van der Waals surface area contributed by atoms with Gasteiger partial charge >= 0.3 is 0 Å². The van der Waals surface area contributed by atoms with Gasteiger partial charge in [-0.05, 0) is 49.7 Å². The number of aromatic amines is 1. The summed E-state index contributed by atoms with van der Waals surface area (Å²) in [7, 11) is 0. The summed E-state index contributed by atoms with van der Waals surface area (Å²) >= 11 is 0. The van der Waals surface area contributed by atoms with Gasteiger partial charge in [0.15, 0.2) is 5.65 Å². The first-order valence-corrected chi connectivity index (χ1v) is 9.83. The molecule has 6 heteroatoms. The van der Waals surface area contributed by atoms with Gasteiger partial charge in [-0.3, -0.25) is 0 Å². The minimum Gasteiger partial charge on any atom is -0.490 e. The first-order chi connectivity index (χ1) is 14.6. The predicted molar refractivity (Wildman–Crippen MR) is 115 cm³/mol. The minimum atomic E-state index is 0.0181. The molecular formula is C24H22N4O2. The van der Waals surface area contributed by atoms with Crippen molar-refractivity contribution in [2.45, 2.75) is 33.0 Å². The molecule has 6 nitrogen and oxygen atoms in total. The van der Waals surface area contributed by atoms with Gasteiger partial charge in [-0.25, -0.2) is 9.97 Å². The van der Waals surface area contributed by atoms with Gasteiger partial charge in [-0.2, -0.15) is 5.26 Å². The van der Waals surface area contributed by atoms with Crippen LogP contribution in [-0.4, -0.2) is 21.1 Å². The van der Waals surface area contributed by atoms with Crippen LogP contribution in [0.25, 0.3) is 22.6 Å². The SMILES string of the molecule is CC(C)Oc1ccc(OCc2ccccc2)cc1-c1nc2nc(CC#N)ccc2[nH]1.